The van der Waals surface area contributed by atoms with E-state index in [-0.39, 0.29) is 21.5 Å². The first-order chi connectivity index (χ1) is 5.57. The Bertz CT molecular complexity index is 336. The molecule has 2 N–H and O–H groups in total. The van der Waals surface area contributed by atoms with Crippen molar-refractivity contribution in [1.82, 2.24) is 0 Å². The molecule has 0 aromatic heterocycles. The highest BCUT2D eigenvalue weighted by molar-refractivity contribution is 9.11. The van der Waals surface area contributed by atoms with Gasteiger partial charge in [0.05, 0.1) is 10.0 Å². The molecule has 0 saturated heterocycles. The van der Waals surface area contributed by atoms with Gasteiger partial charge in [0, 0.05) is 0 Å². The normalized spacial score (nSPS) is 9.83. The molecule has 0 bridgehead atoms. The number of carbonyl (C=O) groups is 1. The Hall–Kier alpha value is -0.550. The molecule has 0 saturated carbocycles. The second kappa shape index (κ2) is 3.45. The Labute approximate surface area is 85.3 Å². The predicted octanol–water partition coefficient (Wildman–Crippen LogP) is 2.44. The fourth-order valence-electron chi connectivity index (χ4n) is 0.707. The van der Waals surface area contributed by atoms with Gasteiger partial charge in [0.1, 0.15) is 16.0 Å². The van der Waals surface area contributed by atoms with Crippen LogP contribution in [0.25, 0.3) is 0 Å². The van der Waals surface area contributed by atoms with Crippen molar-refractivity contribution in [1.29, 1.82) is 0 Å². The molecule has 1 aromatic carbocycles. The summed E-state index contributed by atoms with van der Waals surface area (Å²) in [7, 11) is 0. The van der Waals surface area contributed by atoms with Crippen molar-refractivity contribution in [2.24, 2.45) is 0 Å². The van der Waals surface area contributed by atoms with Gasteiger partial charge in [-0.25, -0.2) is 0 Å². The number of aromatic hydroxyl groups is 2. The van der Waals surface area contributed by atoms with Crippen LogP contribution >= 0.6 is 31.9 Å². The van der Waals surface area contributed by atoms with Crippen LogP contribution in [0.4, 0.5) is 0 Å². The molecular weight excluding hydrogens is 292 g/mol. The van der Waals surface area contributed by atoms with E-state index in [0.29, 0.717) is 10.8 Å². The smallest absolute Gasteiger partial charge is 0.153 e. The third-order valence-corrected chi connectivity index (χ3v) is 2.68. The Balaban J connectivity index is 3.49. The van der Waals surface area contributed by atoms with Crippen LogP contribution < -0.4 is 0 Å². The lowest BCUT2D eigenvalue weighted by Gasteiger charge is -2.04. The van der Waals surface area contributed by atoms with E-state index < -0.39 is 0 Å². The third kappa shape index (κ3) is 1.47. The molecule has 0 fully saturated rings. The van der Waals surface area contributed by atoms with Crippen molar-refractivity contribution in [3.05, 3.63) is 20.6 Å². The van der Waals surface area contributed by atoms with Crippen LogP contribution in [-0.2, 0) is 0 Å². The molecule has 12 heavy (non-hydrogen) atoms. The summed E-state index contributed by atoms with van der Waals surface area (Å²) in [6.45, 7) is 0. The van der Waals surface area contributed by atoms with Crippen molar-refractivity contribution < 1.29 is 15.0 Å². The summed E-state index contributed by atoms with van der Waals surface area (Å²) in [5.74, 6) is -0.385. The van der Waals surface area contributed by atoms with Crippen molar-refractivity contribution in [2.45, 2.75) is 0 Å². The van der Waals surface area contributed by atoms with E-state index in [1.54, 1.807) is 0 Å². The predicted molar refractivity (Wildman–Crippen MR) is 50.6 cm³/mol. The van der Waals surface area contributed by atoms with E-state index in [4.69, 9.17) is 0 Å². The van der Waals surface area contributed by atoms with Gasteiger partial charge in [-0.1, -0.05) is 0 Å². The van der Waals surface area contributed by atoms with E-state index >= 15 is 0 Å². The van der Waals surface area contributed by atoms with Crippen molar-refractivity contribution in [3.63, 3.8) is 0 Å². The molecule has 0 aliphatic heterocycles. The standard InChI is InChI=1S/C7H4Br2O3/c8-4-1-3(2-10)6(11)5(9)7(4)12/h1-2,11-12H. The van der Waals surface area contributed by atoms with E-state index in [2.05, 4.69) is 31.9 Å². The number of phenolic OH excluding ortho intramolecular Hbond substituents is 2. The van der Waals surface area contributed by atoms with Gasteiger partial charge in [0.2, 0.25) is 0 Å². The number of aldehydes is 1. The molecule has 0 amide bonds. The van der Waals surface area contributed by atoms with Crippen molar-refractivity contribution in [2.75, 3.05) is 0 Å². The summed E-state index contributed by atoms with van der Waals surface area (Å²) < 4.78 is 0.466. The van der Waals surface area contributed by atoms with Gasteiger partial charge in [0.25, 0.3) is 0 Å². The molecule has 0 heterocycles. The van der Waals surface area contributed by atoms with E-state index in [0.717, 1.165) is 0 Å². The molecule has 64 valence electrons. The zero-order chi connectivity index (χ0) is 9.30. The molecule has 1 rings (SSSR count). The SMILES string of the molecule is O=Cc1cc(Br)c(O)c(Br)c1O. The molecule has 5 heteroatoms. The molecule has 0 spiro atoms. The summed E-state index contributed by atoms with van der Waals surface area (Å²) in [6.07, 6.45) is 0.504. The second-order valence-electron chi connectivity index (χ2n) is 2.08. The fourth-order valence-corrected chi connectivity index (χ4v) is 1.86. The van der Waals surface area contributed by atoms with Gasteiger partial charge in [0.15, 0.2) is 6.29 Å². The maximum Gasteiger partial charge on any atom is 0.153 e. The van der Waals surface area contributed by atoms with Gasteiger partial charge < -0.3 is 10.2 Å². The van der Waals surface area contributed by atoms with Crippen LogP contribution in [0.2, 0.25) is 0 Å². The minimum atomic E-state index is -0.259. The molecule has 0 aliphatic carbocycles. The molecule has 0 unspecified atom stereocenters. The van der Waals surface area contributed by atoms with Gasteiger partial charge in [-0.05, 0) is 37.9 Å². The highest BCUT2D eigenvalue weighted by Gasteiger charge is 2.12. The van der Waals surface area contributed by atoms with Crippen molar-refractivity contribution >= 4 is 38.1 Å². The number of halogens is 2. The topological polar surface area (TPSA) is 57.5 Å². The maximum absolute atomic E-state index is 10.4. The minimum absolute atomic E-state index is 0.110. The minimum Gasteiger partial charge on any atom is -0.506 e. The van der Waals surface area contributed by atoms with Crippen LogP contribution in [-0.4, -0.2) is 16.5 Å². The third-order valence-electron chi connectivity index (χ3n) is 1.32. The summed E-state index contributed by atoms with van der Waals surface area (Å²) in [6, 6.07) is 1.34. The fraction of sp³-hybridized carbons (Fsp3) is 0. The number of hydrogen-bond donors (Lipinski definition) is 2. The van der Waals surface area contributed by atoms with Crippen LogP contribution in [0.15, 0.2) is 15.0 Å². The first kappa shape index (κ1) is 9.54. The average Bonchev–Trinajstić information content (AvgIpc) is 2.08. The molecular formula is C7H4Br2O3. The largest absolute Gasteiger partial charge is 0.506 e. The van der Waals surface area contributed by atoms with Gasteiger partial charge >= 0.3 is 0 Å². The lowest BCUT2D eigenvalue weighted by atomic mass is 10.2. The molecule has 0 radical (unpaired) electrons. The summed E-state index contributed by atoms with van der Waals surface area (Å²) in [5, 5.41) is 18.5. The highest BCUT2D eigenvalue weighted by atomic mass is 79.9. The maximum atomic E-state index is 10.4. The quantitative estimate of drug-likeness (QED) is 0.783. The van der Waals surface area contributed by atoms with Crippen LogP contribution in [0.3, 0.4) is 0 Å². The Morgan fingerprint density at radius 3 is 2.33 bits per heavy atom. The monoisotopic (exact) mass is 294 g/mol. The lowest BCUT2D eigenvalue weighted by molar-refractivity contribution is 0.112. The van der Waals surface area contributed by atoms with E-state index in [9.17, 15) is 15.0 Å². The number of carbonyl (C=O) groups excluding carboxylic acids is 1. The van der Waals surface area contributed by atoms with Crippen LogP contribution in [0, 0.1) is 0 Å². The molecule has 0 aliphatic rings. The molecule has 1 aromatic rings. The van der Waals surface area contributed by atoms with E-state index in [1.165, 1.54) is 6.07 Å². The second-order valence-corrected chi connectivity index (χ2v) is 3.72. The Kier molecular flexibility index (Phi) is 2.74. The average molecular weight is 296 g/mol. The molecule has 3 nitrogen and oxygen atoms in total. The Morgan fingerprint density at radius 1 is 1.25 bits per heavy atom. The van der Waals surface area contributed by atoms with Crippen molar-refractivity contribution in [3.8, 4) is 11.5 Å². The van der Waals surface area contributed by atoms with Gasteiger partial charge in [-0.2, -0.15) is 0 Å². The number of hydrogen-bond acceptors (Lipinski definition) is 3. The summed E-state index contributed by atoms with van der Waals surface area (Å²) >= 11 is 5.95. The Morgan fingerprint density at radius 2 is 1.83 bits per heavy atom. The number of rotatable bonds is 1. The van der Waals surface area contributed by atoms with Gasteiger partial charge in [-0.3, -0.25) is 4.79 Å². The molecule has 0 atom stereocenters. The van der Waals surface area contributed by atoms with Crippen LogP contribution in [0.5, 0.6) is 11.5 Å². The summed E-state index contributed by atoms with van der Waals surface area (Å²) in [5.41, 5.74) is 0.117. The first-order valence-corrected chi connectivity index (χ1v) is 4.51. The highest BCUT2D eigenvalue weighted by Crippen LogP contribution is 2.40. The lowest BCUT2D eigenvalue weighted by Crippen LogP contribution is -1.84. The van der Waals surface area contributed by atoms with Crippen LogP contribution in [0.1, 0.15) is 10.4 Å². The number of benzene rings is 1. The summed E-state index contributed by atoms with van der Waals surface area (Å²) in [4.78, 5) is 10.4. The van der Waals surface area contributed by atoms with E-state index in [1.807, 2.05) is 0 Å². The first-order valence-electron chi connectivity index (χ1n) is 2.93. The van der Waals surface area contributed by atoms with Gasteiger partial charge in [-0.15, -0.1) is 0 Å². The zero-order valence-electron chi connectivity index (χ0n) is 5.71. The zero-order valence-corrected chi connectivity index (χ0v) is 8.89. The number of phenols is 2.